The zero-order valence-corrected chi connectivity index (χ0v) is 15.5. The van der Waals surface area contributed by atoms with Crippen molar-refractivity contribution >= 4 is 5.91 Å². The third kappa shape index (κ3) is 3.39. The number of carbonyl (C=O) groups is 1. The van der Waals surface area contributed by atoms with Crippen LogP contribution in [-0.2, 0) is 36.1 Å². The fraction of sp³-hybridized carbons (Fsp3) is 0.500. The Balaban J connectivity index is 1.40. The Morgan fingerprint density at radius 1 is 1.27 bits per heavy atom. The van der Waals surface area contributed by atoms with Gasteiger partial charge in [0, 0.05) is 51.0 Å². The molecule has 0 aliphatic carbocycles. The van der Waals surface area contributed by atoms with E-state index in [1.54, 1.807) is 0 Å². The second kappa shape index (κ2) is 7.21. The fourth-order valence-electron chi connectivity index (χ4n) is 3.82. The summed E-state index contributed by atoms with van der Waals surface area (Å²) in [4.78, 5) is 17.2. The van der Waals surface area contributed by atoms with E-state index in [0.717, 1.165) is 26.1 Å². The number of hydrogen-bond acceptors (Lipinski definition) is 4. The molecule has 0 unspecified atom stereocenters. The van der Waals surface area contributed by atoms with Gasteiger partial charge in [-0.2, -0.15) is 5.10 Å². The van der Waals surface area contributed by atoms with Gasteiger partial charge in [-0.15, -0.1) is 0 Å². The second-order valence-electron chi connectivity index (χ2n) is 7.25. The number of morpholine rings is 1. The molecule has 1 atom stereocenters. The first-order valence-electron chi connectivity index (χ1n) is 9.29. The summed E-state index contributed by atoms with van der Waals surface area (Å²) in [5, 5.41) is 4.31. The normalized spacial score (nSPS) is 20.8. The number of rotatable bonds is 3. The minimum atomic E-state index is -0.369. The lowest BCUT2D eigenvalue weighted by atomic mass is 9.99. The van der Waals surface area contributed by atoms with Gasteiger partial charge in [-0.25, -0.2) is 0 Å². The summed E-state index contributed by atoms with van der Waals surface area (Å²) in [6.45, 7) is 6.45. The van der Waals surface area contributed by atoms with Crippen LogP contribution in [0.5, 0.6) is 0 Å². The van der Waals surface area contributed by atoms with E-state index < -0.39 is 0 Å². The number of hydrogen-bond donors (Lipinski definition) is 0. The Bertz CT molecular complexity index is 801. The fourth-order valence-corrected chi connectivity index (χ4v) is 3.82. The first kappa shape index (κ1) is 17.2. The van der Waals surface area contributed by atoms with Crippen LogP contribution in [0.2, 0.25) is 0 Å². The van der Waals surface area contributed by atoms with Gasteiger partial charge in [-0.05, 0) is 24.5 Å². The second-order valence-corrected chi connectivity index (χ2v) is 7.25. The predicted molar refractivity (Wildman–Crippen MR) is 98.5 cm³/mol. The molecule has 1 saturated heterocycles. The van der Waals surface area contributed by atoms with Crippen molar-refractivity contribution in [2.45, 2.75) is 32.5 Å². The molecule has 0 N–H and O–H groups in total. The molecule has 1 amide bonds. The molecule has 6 heteroatoms. The van der Waals surface area contributed by atoms with E-state index in [9.17, 15) is 4.79 Å². The monoisotopic (exact) mass is 354 g/mol. The van der Waals surface area contributed by atoms with E-state index >= 15 is 0 Å². The number of aromatic nitrogens is 2. The Morgan fingerprint density at radius 3 is 2.85 bits per heavy atom. The molecule has 138 valence electrons. The van der Waals surface area contributed by atoms with Crippen LogP contribution in [0.25, 0.3) is 0 Å². The summed E-state index contributed by atoms with van der Waals surface area (Å²) in [7, 11) is 1.96. The quantitative estimate of drug-likeness (QED) is 0.839. The number of nitrogens with zero attached hydrogens (tertiary/aromatic N) is 4. The van der Waals surface area contributed by atoms with Crippen molar-refractivity contribution in [2.75, 3.05) is 26.2 Å². The summed E-state index contributed by atoms with van der Waals surface area (Å²) in [5.74, 6) is 0.118. The highest BCUT2D eigenvalue weighted by atomic mass is 16.5. The van der Waals surface area contributed by atoms with Gasteiger partial charge in [0.1, 0.15) is 6.10 Å². The Morgan fingerprint density at radius 2 is 2.08 bits per heavy atom. The van der Waals surface area contributed by atoms with Crippen LogP contribution in [0.1, 0.15) is 22.4 Å². The molecular formula is C20H26N4O2. The minimum absolute atomic E-state index is 0.118. The van der Waals surface area contributed by atoms with Gasteiger partial charge in [0.25, 0.3) is 5.91 Å². The summed E-state index contributed by atoms with van der Waals surface area (Å²) < 4.78 is 7.72. The van der Waals surface area contributed by atoms with Gasteiger partial charge in [0.2, 0.25) is 0 Å². The summed E-state index contributed by atoms with van der Waals surface area (Å²) in [6, 6.07) is 8.39. The van der Waals surface area contributed by atoms with E-state index in [4.69, 9.17) is 4.74 Å². The highest BCUT2D eigenvalue weighted by Gasteiger charge is 2.32. The van der Waals surface area contributed by atoms with Gasteiger partial charge in [-0.1, -0.05) is 24.3 Å². The number of ether oxygens (including phenoxy) is 1. The highest BCUT2D eigenvalue weighted by molar-refractivity contribution is 5.81. The molecule has 0 saturated carbocycles. The van der Waals surface area contributed by atoms with E-state index in [2.05, 4.69) is 35.1 Å². The van der Waals surface area contributed by atoms with Crippen molar-refractivity contribution in [3.05, 3.63) is 52.8 Å². The van der Waals surface area contributed by atoms with Crippen molar-refractivity contribution < 1.29 is 9.53 Å². The van der Waals surface area contributed by atoms with Crippen molar-refractivity contribution in [1.82, 2.24) is 19.6 Å². The zero-order valence-electron chi connectivity index (χ0n) is 15.5. The third-order valence-corrected chi connectivity index (χ3v) is 5.60. The maximum atomic E-state index is 13.0. The zero-order chi connectivity index (χ0) is 18.1. The van der Waals surface area contributed by atoms with Crippen LogP contribution in [0.4, 0.5) is 0 Å². The number of fused-ring (bicyclic) bond motifs is 1. The molecule has 1 fully saturated rings. The summed E-state index contributed by atoms with van der Waals surface area (Å²) in [5.41, 5.74) is 5.00. The molecule has 1 aromatic carbocycles. The third-order valence-electron chi connectivity index (χ3n) is 5.60. The molecule has 0 radical (unpaired) electrons. The molecular weight excluding hydrogens is 328 g/mol. The van der Waals surface area contributed by atoms with Crippen LogP contribution in [0.15, 0.2) is 30.5 Å². The SMILES string of the molecule is Cc1c(CN2CCO[C@@H](C(=O)N3CCc4ccccc4C3)C2)cnn1C. The molecule has 4 rings (SSSR count). The van der Waals surface area contributed by atoms with E-state index in [0.29, 0.717) is 19.7 Å². The van der Waals surface area contributed by atoms with Gasteiger partial charge >= 0.3 is 0 Å². The number of aryl methyl sites for hydroxylation is 1. The van der Waals surface area contributed by atoms with Crippen LogP contribution >= 0.6 is 0 Å². The molecule has 3 heterocycles. The molecule has 0 bridgehead atoms. The molecule has 2 aliphatic rings. The van der Waals surface area contributed by atoms with E-state index in [1.807, 2.05) is 28.9 Å². The molecule has 2 aromatic rings. The first-order valence-corrected chi connectivity index (χ1v) is 9.29. The number of benzene rings is 1. The van der Waals surface area contributed by atoms with Gasteiger partial charge in [-0.3, -0.25) is 14.4 Å². The van der Waals surface area contributed by atoms with Crippen molar-refractivity contribution in [1.29, 1.82) is 0 Å². The van der Waals surface area contributed by atoms with Crippen LogP contribution < -0.4 is 0 Å². The minimum Gasteiger partial charge on any atom is -0.366 e. The molecule has 1 aromatic heterocycles. The largest absolute Gasteiger partial charge is 0.366 e. The van der Waals surface area contributed by atoms with Crippen LogP contribution in [0, 0.1) is 6.92 Å². The lowest BCUT2D eigenvalue weighted by molar-refractivity contribution is -0.150. The average molecular weight is 354 g/mol. The van der Waals surface area contributed by atoms with E-state index in [1.165, 1.54) is 22.4 Å². The number of carbonyl (C=O) groups excluding carboxylic acids is 1. The topological polar surface area (TPSA) is 50.6 Å². The predicted octanol–water partition coefficient (Wildman–Crippen LogP) is 1.51. The van der Waals surface area contributed by atoms with E-state index in [-0.39, 0.29) is 12.0 Å². The molecule has 6 nitrogen and oxygen atoms in total. The summed E-state index contributed by atoms with van der Waals surface area (Å²) >= 11 is 0. The van der Waals surface area contributed by atoms with Crippen molar-refractivity contribution in [3.8, 4) is 0 Å². The molecule has 2 aliphatic heterocycles. The van der Waals surface area contributed by atoms with Crippen molar-refractivity contribution in [2.24, 2.45) is 7.05 Å². The lowest BCUT2D eigenvalue weighted by Crippen LogP contribution is -2.51. The van der Waals surface area contributed by atoms with Gasteiger partial charge in [0.05, 0.1) is 12.8 Å². The summed E-state index contributed by atoms with van der Waals surface area (Å²) in [6.07, 6.45) is 2.47. The standard InChI is InChI=1S/C20H26N4O2/c1-15-18(11-21-22(15)2)12-23-9-10-26-19(14-23)20(25)24-8-7-16-5-3-4-6-17(16)13-24/h3-6,11,19H,7-10,12-14H2,1-2H3/t19-/m1/s1. The highest BCUT2D eigenvalue weighted by Crippen LogP contribution is 2.21. The molecule has 26 heavy (non-hydrogen) atoms. The van der Waals surface area contributed by atoms with Crippen molar-refractivity contribution in [3.63, 3.8) is 0 Å². The Kier molecular flexibility index (Phi) is 4.78. The first-order chi connectivity index (χ1) is 12.6. The molecule has 0 spiro atoms. The Hall–Kier alpha value is -2.18. The maximum Gasteiger partial charge on any atom is 0.253 e. The smallest absolute Gasteiger partial charge is 0.253 e. The average Bonchev–Trinajstić information content (AvgIpc) is 2.99. The number of amides is 1. The maximum absolute atomic E-state index is 13.0. The van der Waals surface area contributed by atoms with Crippen LogP contribution in [-0.4, -0.2) is 57.8 Å². The Labute approximate surface area is 154 Å². The van der Waals surface area contributed by atoms with Gasteiger partial charge in [0.15, 0.2) is 0 Å². The van der Waals surface area contributed by atoms with Crippen LogP contribution in [0.3, 0.4) is 0 Å². The van der Waals surface area contributed by atoms with Gasteiger partial charge < -0.3 is 9.64 Å². The lowest BCUT2D eigenvalue weighted by Gasteiger charge is -2.36.